The zero-order valence-corrected chi connectivity index (χ0v) is 13.2. The van der Waals surface area contributed by atoms with Crippen LogP contribution in [0.15, 0.2) is 52.2 Å². The van der Waals surface area contributed by atoms with Crippen LogP contribution in [0.4, 0.5) is 0 Å². The number of nitrogens with zero attached hydrogens (tertiary/aromatic N) is 1. The average Bonchev–Trinajstić information content (AvgIpc) is 3.10. The number of carbonyl (C=O) groups excluding carboxylic acids is 1. The highest BCUT2D eigenvalue weighted by Crippen LogP contribution is 2.07. The van der Waals surface area contributed by atoms with E-state index in [4.69, 9.17) is 14.0 Å². The van der Waals surface area contributed by atoms with Crippen molar-refractivity contribution in [3.05, 3.63) is 59.5 Å². The first-order valence-electron chi connectivity index (χ1n) is 7.33. The molecule has 0 fully saturated rings. The molecule has 6 nitrogen and oxygen atoms in total. The number of oxime groups is 1. The molecule has 23 heavy (non-hydrogen) atoms. The highest BCUT2D eigenvalue weighted by Gasteiger charge is 2.17. The van der Waals surface area contributed by atoms with E-state index >= 15 is 0 Å². The molecule has 0 saturated carbocycles. The van der Waals surface area contributed by atoms with Crippen molar-refractivity contribution in [1.82, 2.24) is 5.32 Å². The monoisotopic (exact) mass is 316 g/mol. The maximum Gasteiger partial charge on any atom is 0.277 e. The van der Waals surface area contributed by atoms with Crippen molar-refractivity contribution in [1.29, 1.82) is 0 Å². The van der Waals surface area contributed by atoms with Crippen molar-refractivity contribution < 1.29 is 18.8 Å². The Balaban J connectivity index is 1.94. The Bertz CT molecular complexity index is 633. The minimum absolute atomic E-state index is 0.102. The molecule has 0 aliphatic heterocycles. The summed E-state index contributed by atoms with van der Waals surface area (Å²) in [6, 6.07) is 11.2. The Kier molecular flexibility index (Phi) is 6.38. The van der Waals surface area contributed by atoms with Crippen LogP contribution in [-0.2, 0) is 27.5 Å². The minimum Gasteiger partial charge on any atom is -0.462 e. The number of nitrogens with one attached hydrogen (secondary N) is 1. The van der Waals surface area contributed by atoms with Gasteiger partial charge in [0.2, 0.25) is 5.71 Å². The third-order valence-electron chi connectivity index (χ3n) is 3.10. The summed E-state index contributed by atoms with van der Waals surface area (Å²) in [5, 5.41) is 6.51. The lowest BCUT2D eigenvalue weighted by Crippen LogP contribution is -2.31. The minimum atomic E-state index is -0.361. The molecule has 6 heteroatoms. The van der Waals surface area contributed by atoms with E-state index in [1.807, 2.05) is 31.2 Å². The van der Waals surface area contributed by atoms with Crippen LogP contribution in [0.2, 0.25) is 0 Å². The average molecular weight is 316 g/mol. The summed E-state index contributed by atoms with van der Waals surface area (Å²) in [7, 11) is 1.38. The summed E-state index contributed by atoms with van der Waals surface area (Å²) in [5.41, 5.74) is 2.18. The predicted octanol–water partition coefficient (Wildman–Crippen LogP) is 2.48. The Morgan fingerprint density at radius 2 is 1.96 bits per heavy atom. The smallest absolute Gasteiger partial charge is 0.277 e. The van der Waals surface area contributed by atoms with E-state index in [-0.39, 0.29) is 11.6 Å². The summed E-state index contributed by atoms with van der Waals surface area (Å²) in [5.74, 6) is -0.00314. The molecule has 1 heterocycles. The van der Waals surface area contributed by atoms with Gasteiger partial charge in [0.15, 0.2) is 5.76 Å². The van der Waals surface area contributed by atoms with Crippen LogP contribution in [0.1, 0.15) is 23.8 Å². The Hall–Kier alpha value is -2.60. The van der Waals surface area contributed by atoms with Gasteiger partial charge in [-0.25, -0.2) is 0 Å². The predicted molar refractivity (Wildman–Crippen MR) is 85.9 cm³/mol. The van der Waals surface area contributed by atoms with Gasteiger partial charge in [-0.3, -0.25) is 4.79 Å². The van der Waals surface area contributed by atoms with E-state index in [2.05, 4.69) is 10.5 Å². The highest BCUT2D eigenvalue weighted by atomic mass is 16.6. The summed E-state index contributed by atoms with van der Waals surface area (Å²) in [4.78, 5) is 16.9. The summed E-state index contributed by atoms with van der Waals surface area (Å²) in [6.07, 6.45) is 1.48. The van der Waals surface area contributed by atoms with Crippen molar-refractivity contribution in [2.45, 2.75) is 20.1 Å². The molecule has 0 bridgehead atoms. The number of benzene rings is 1. The van der Waals surface area contributed by atoms with Crippen LogP contribution < -0.4 is 5.32 Å². The van der Waals surface area contributed by atoms with Gasteiger partial charge in [-0.05, 0) is 30.2 Å². The van der Waals surface area contributed by atoms with Gasteiger partial charge in [-0.15, -0.1) is 0 Å². The standard InChI is InChI=1S/C17H20N2O4/c1-3-22-12-14-8-6-13(7-9-14)11-18-17(20)16(19-21-2)15-5-4-10-23-15/h4-10H,3,11-12H2,1-2H3,(H,18,20). The third-order valence-corrected chi connectivity index (χ3v) is 3.10. The van der Waals surface area contributed by atoms with Crippen LogP contribution in [-0.4, -0.2) is 25.3 Å². The quantitative estimate of drug-likeness (QED) is 0.600. The van der Waals surface area contributed by atoms with Crippen LogP contribution >= 0.6 is 0 Å². The molecule has 1 aromatic heterocycles. The molecule has 0 atom stereocenters. The second kappa shape index (κ2) is 8.75. The molecule has 1 N–H and O–H groups in total. The van der Waals surface area contributed by atoms with Gasteiger partial charge >= 0.3 is 0 Å². The van der Waals surface area contributed by atoms with Gasteiger partial charge in [-0.1, -0.05) is 29.4 Å². The molecule has 0 spiro atoms. The third kappa shape index (κ3) is 4.96. The Labute approximate surface area is 135 Å². The molecular formula is C17H20N2O4. The summed E-state index contributed by atoms with van der Waals surface area (Å²) < 4.78 is 10.5. The molecule has 1 amide bonds. The molecule has 0 aliphatic carbocycles. The highest BCUT2D eigenvalue weighted by molar-refractivity contribution is 6.44. The Morgan fingerprint density at radius 3 is 2.57 bits per heavy atom. The van der Waals surface area contributed by atoms with Crippen LogP contribution in [0.5, 0.6) is 0 Å². The number of rotatable bonds is 8. The maximum absolute atomic E-state index is 12.2. The van der Waals surface area contributed by atoms with E-state index in [0.717, 1.165) is 11.1 Å². The molecule has 2 aromatic rings. The van der Waals surface area contributed by atoms with Gasteiger partial charge in [0.1, 0.15) is 7.11 Å². The lowest BCUT2D eigenvalue weighted by molar-refractivity contribution is -0.115. The molecular weight excluding hydrogens is 296 g/mol. The van der Waals surface area contributed by atoms with Crippen molar-refractivity contribution in [3.8, 4) is 0 Å². The molecule has 122 valence electrons. The molecule has 0 unspecified atom stereocenters. The summed E-state index contributed by atoms with van der Waals surface area (Å²) >= 11 is 0. The maximum atomic E-state index is 12.2. The number of ether oxygens (including phenoxy) is 1. The number of hydrogen-bond donors (Lipinski definition) is 1. The number of hydrogen-bond acceptors (Lipinski definition) is 5. The van der Waals surface area contributed by atoms with E-state index in [9.17, 15) is 4.79 Å². The van der Waals surface area contributed by atoms with Gasteiger partial charge in [0.25, 0.3) is 5.91 Å². The van der Waals surface area contributed by atoms with E-state index in [0.29, 0.717) is 25.5 Å². The van der Waals surface area contributed by atoms with Gasteiger partial charge in [-0.2, -0.15) is 0 Å². The largest absolute Gasteiger partial charge is 0.462 e. The zero-order valence-electron chi connectivity index (χ0n) is 13.2. The lowest BCUT2D eigenvalue weighted by atomic mass is 10.1. The van der Waals surface area contributed by atoms with E-state index < -0.39 is 0 Å². The van der Waals surface area contributed by atoms with E-state index in [1.165, 1.54) is 13.4 Å². The van der Waals surface area contributed by atoms with Crippen LogP contribution in [0, 0.1) is 0 Å². The lowest BCUT2D eigenvalue weighted by Gasteiger charge is -2.07. The topological polar surface area (TPSA) is 73.1 Å². The number of amides is 1. The SMILES string of the molecule is CCOCc1ccc(CNC(=O)C(=NOC)c2ccco2)cc1. The van der Waals surface area contributed by atoms with Gasteiger partial charge < -0.3 is 19.3 Å². The molecule has 0 saturated heterocycles. The molecule has 0 aliphatic rings. The first-order valence-corrected chi connectivity index (χ1v) is 7.33. The fourth-order valence-corrected chi connectivity index (χ4v) is 1.94. The van der Waals surface area contributed by atoms with Crippen LogP contribution in [0.3, 0.4) is 0 Å². The number of furan rings is 1. The second-order valence-electron chi connectivity index (χ2n) is 4.74. The van der Waals surface area contributed by atoms with Gasteiger partial charge in [0, 0.05) is 13.2 Å². The van der Waals surface area contributed by atoms with Gasteiger partial charge in [0.05, 0.1) is 12.9 Å². The zero-order chi connectivity index (χ0) is 16.5. The first-order chi connectivity index (χ1) is 11.2. The first kappa shape index (κ1) is 16.8. The van der Waals surface area contributed by atoms with Crippen molar-refractivity contribution in [3.63, 3.8) is 0 Å². The van der Waals surface area contributed by atoms with Crippen LogP contribution in [0.25, 0.3) is 0 Å². The normalized spacial score (nSPS) is 11.3. The summed E-state index contributed by atoms with van der Waals surface area (Å²) in [6.45, 7) is 3.62. The second-order valence-corrected chi connectivity index (χ2v) is 4.74. The van der Waals surface area contributed by atoms with E-state index in [1.54, 1.807) is 12.1 Å². The molecule has 2 rings (SSSR count). The fourth-order valence-electron chi connectivity index (χ4n) is 1.94. The molecule has 0 radical (unpaired) electrons. The Morgan fingerprint density at radius 1 is 1.22 bits per heavy atom. The molecule has 1 aromatic carbocycles. The van der Waals surface area contributed by atoms with Crippen molar-refractivity contribution in [2.75, 3.05) is 13.7 Å². The number of carbonyl (C=O) groups is 1. The fraction of sp³-hybridized carbons (Fsp3) is 0.294. The van der Waals surface area contributed by atoms with Crippen molar-refractivity contribution in [2.24, 2.45) is 5.16 Å². The van der Waals surface area contributed by atoms with Crippen molar-refractivity contribution >= 4 is 11.6 Å².